The van der Waals surface area contributed by atoms with Crippen molar-refractivity contribution in [3.05, 3.63) is 16.1 Å². The van der Waals surface area contributed by atoms with Crippen LogP contribution in [0.15, 0.2) is 5.38 Å². The Labute approximate surface area is 103 Å². The van der Waals surface area contributed by atoms with E-state index in [1.165, 1.54) is 17.1 Å². The molecule has 1 N–H and O–H groups in total. The third kappa shape index (κ3) is 4.22. The summed E-state index contributed by atoms with van der Waals surface area (Å²) in [6.45, 7) is 7.88. The van der Waals surface area contributed by atoms with Gasteiger partial charge in [-0.3, -0.25) is 0 Å². The monoisotopic (exact) mass is 240 g/mol. The number of nitrogens with one attached hydrogen (secondary N) is 1. The van der Waals surface area contributed by atoms with Crippen LogP contribution in [0, 0.1) is 11.8 Å². The highest BCUT2D eigenvalue weighted by Gasteiger charge is 2.15. The number of aromatic nitrogens is 1. The van der Waals surface area contributed by atoms with Crippen molar-refractivity contribution in [3.63, 3.8) is 0 Å². The van der Waals surface area contributed by atoms with E-state index in [0.717, 1.165) is 19.4 Å². The second kappa shape index (κ2) is 7.02. The number of nitrogens with zero attached hydrogens (tertiary/aromatic N) is 1. The Hall–Kier alpha value is -0.410. The topological polar surface area (TPSA) is 24.9 Å². The molecule has 0 saturated carbocycles. The summed E-state index contributed by atoms with van der Waals surface area (Å²) in [4.78, 5) is 4.70. The molecule has 0 saturated heterocycles. The zero-order chi connectivity index (χ0) is 12.0. The third-order valence-corrected chi connectivity index (χ3v) is 3.87. The molecule has 0 fully saturated rings. The van der Waals surface area contributed by atoms with Gasteiger partial charge in [0.05, 0.1) is 10.7 Å². The van der Waals surface area contributed by atoms with Crippen LogP contribution in [-0.2, 0) is 12.8 Å². The fourth-order valence-corrected chi connectivity index (χ4v) is 2.77. The maximum atomic E-state index is 4.70. The average Bonchev–Trinajstić information content (AvgIpc) is 2.65. The van der Waals surface area contributed by atoms with Gasteiger partial charge in [0.15, 0.2) is 0 Å². The molecular weight excluding hydrogens is 216 g/mol. The predicted molar refractivity (Wildman–Crippen MR) is 72.1 cm³/mol. The van der Waals surface area contributed by atoms with E-state index in [2.05, 4.69) is 31.5 Å². The number of rotatable bonds is 7. The molecule has 0 aliphatic carbocycles. The fourth-order valence-electron chi connectivity index (χ4n) is 1.84. The number of hydrogen-bond donors (Lipinski definition) is 1. The number of aryl methyl sites for hydroxylation is 1. The Morgan fingerprint density at radius 3 is 2.75 bits per heavy atom. The van der Waals surface area contributed by atoms with Crippen molar-refractivity contribution >= 4 is 11.3 Å². The van der Waals surface area contributed by atoms with Gasteiger partial charge in [-0.05, 0) is 31.8 Å². The zero-order valence-electron chi connectivity index (χ0n) is 10.9. The molecule has 0 radical (unpaired) electrons. The van der Waals surface area contributed by atoms with Crippen molar-refractivity contribution in [3.8, 4) is 0 Å². The first-order valence-corrected chi connectivity index (χ1v) is 7.13. The summed E-state index contributed by atoms with van der Waals surface area (Å²) in [6.07, 6.45) is 3.43. The third-order valence-electron chi connectivity index (χ3n) is 2.95. The summed E-state index contributed by atoms with van der Waals surface area (Å²) in [5.41, 5.74) is 1.27. The van der Waals surface area contributed by atoms with Crippen LogP contribution in [0.1, 0.15) is 37.9 Å². The second-order valence-electron chi connectivity index (χ2n) is 4.75. The molecule has 1 atom stereocenters. The van der Waals surface area contributed by atoms with Gasteiger partial charge in [-0.1, -0.05) is 27.2 Å². The Kier molecular flexibility index (Phi) is 5.99. The highest BCUT2D eigenvalue weighted by atomic mass is 32.1. The van der Waals surface area contributed by atoms with Crippen LogP contribution < -0.4 is 5.32 Å². The van der Waals surface area contributed by atoms with E-state index < -0.39 is 0 Å². The van der Waals surface area contributed by atoms with Crippen LogP contribution in [0.2, 0.25) is 0 Å². The predicted octanol–water partition coefficient (Wildman–Crippen LogP) is 3.13. The molecule has 0 spiro atoms. The first kappa shape index (κ1) is 13.7. The van der Waals surface area contributed by atoms with E-state index in [0.29, 0.717) is 11.8 Å². The van der Waals surface area contributed by atoms with Crippen molar-refractivity contribution in [1.29, 1.82) is 0 Å². The lowest BCUT2D eigenvalue weighted by molar-refractivity contribution is 0.370. The molecule has 92 valence electrons. The van der Waals surface area contributed by atoms with Gasteiger partial charge in [0, 0.05) is 11.8 Å². The molecule has 16 heavy (non-hydrogen) atoms. The summed E-state index contributed by atoms with van der Waals surface area (Å²) < 4.78 is 0. The molecule has 2 nitrogen and oxygen atoms in total. The smallest absolute Gasteiger partial charge is 0.0931 e. The van der Waals surface area contributed by atoms with Crippen LogP contribution in [0.5, 0.6) is 0 Å². The summed E-state index contributed by atoms with van der Waals surface area (Å²) in [6, 6.07) is 0. The van der Waals surface area contributed by atoms with E-state index in [-0.39, 0.29) is 0 Å². The standard InChI is InChI=1S/C13H24N2S/c1-5-6-12-9-16-13(15-12)7-11(8-14-4)10(2)3/h9-11,14H,5-8H2,1-4H3. The minimum atomic E-state index is 0.700. The maximum absolute atomic E-state index is 4.70. The normalized spacial score (nSPS) is 13.3. The minimum absolute atomic E-state index is 0.700. The summed E-state index contributed by atoms with van der Waals surface area (Å²) in [7, 11) is 2.03. The van der Waals surface area contributed by atoms with Crippen molar-refractivity contribution in [2.45, 2.75) is 40.0 Å². The van der Waals surface area contributed by atoms with E-state index in [1.807, 2.05) is 18.4 Å². The maximum Gasteiger partial charge on any atom is 0.0931 e. The molecule has 0 amide bonds. The van der Waals surface area contributed by atoms with Gasteiger partial charge < -0.3 is 5.32 Å². The molecule has 0 bridgehead atoms. The Morgan fingerprint density at radius 2 is 2.19 bits per heavy atom. The van der Waals surface area contributed by atoms with Crippen LogP contribution >= 0.6 is 11.3 Å². The van der Waals surface area contributed by atoms with Crippen molar-refractivity contribution in [2.75, 3.05) is 13.6 Å². The Bertz CT molecular complexity index is 294. The van der Waals surface area contributed by atoms with E-state index in [9.17, 15) is 0 Å². The second-order valence-corrected chi connectivity index (χ2v) is 5.69. The van der Waals surface area contributed by atoms with Gasteiger partial charge in [-0.2, -0.15) is 0 Å². The van der Waals surface area contributed by atoms with Gasteiger partial charge in [-0.25, -0.2) is 4.98 Å². The molecule has 0 aliphatic heterocycles. The largest absolute Gasteiger partial charge is 0.319 e. The first-order chi connectivity index (χ1) is 7.67. The van der Waals surface area contributed by atoms with Gasteiger partial charge in [0.1, 0.15) is 0 Å². The molecular formula is C13H24N2S. The van der Waals surface area contributed by atoms with Crippen molar-refractivity contribution < 1.29 is 0 Å². The molecule has 0 aliphatic rings. The van der Waals surface area contributed by atoms with Crippen LogP contribution in [0.25, 0.3) is 0 Å². The molecule has 1 aromatic rings. The number of thiazole rings is 1. The van der Waals surface area contributed by atoms with Gasteiger partial charge >= 0.3 is 0 Å². The van der Waals surface area contributed by atoms with Crippen molar-refractivity contribution in [1.82, 2.24) is 10.3 Å². The SMILES string of the molecule is CCCc1csc(CC(CNC)C(C)C)n1. The highest BCUT2D eigenvalue weighted by Crippen LogP contribution is 2.20. The minimum Gasteiger partial charge on any atom is -0.319 e. The van der Waals surface area contributed by atoms with Gasteiger partial charge in [0.25, 0.3) is 0 Å². The lowest BCUT2D eigenvalue weighted by Gasteiger charge is -2.18. The first-order valence-electron chi connectivity index (χ1n) is 6.25. The molecule has 3 heteroatoms. The van der Waals surface area contributed by atoms with E-state index in [1.54, 1.807) is 0 Å². The lowest BCUT2D eigenvalue weighted by Crippen LogP contribution is -2.25. The van der Waals surface area contributed by atoms with Crippen molar-refractivity contribution in [2.24, 2.45) is 11.8 Å². The summed E-state index contributed by atoms with van der Waals surface area (Å²) >= 11 is 1.82. The molecule has 0 aromatic carbocycles. The Morgan fingerprint density at radius 1 is 1.44 bits per heavy atom. The molecule has 1 rings (SSSR count). The van der Waals surface area contributed by atoms with E-state index in [4.69, 9.17) is 4.98 Å². The fraction of sp³-hybridized carbons (Fsp3) is 0.769. The number of hydrogen-bond acceptors (Lipinski definition) is 3. The Balaban J connectivity index is 2.55. The van der Waals surface area contributed by atoms with Crippen LogP contribution in [0.4, 0.5) is 0 Å². The van der Waals surface area contributed by atoms with Gasteiger partial charge in [0.2, 0.25) is 0 Å². The lowest BCUT2D eigenvalue weighted by atomic mass is 9.93. The van der Waals surface area contributed by atoms with Gasteiger partial charge in [-0.15, -0.1) is 11.3 Å². The van der Waals surface area contributed by atoms with E-state index >= 15 is 0 Å². The highest BCUT2D eigenvalue weighted by molar-refractivity contribution is 7.09. The van der Waals surface area contributed by atoms with Crippen LogP contribution in [-0.4, -0.2) is 18.6 Å². The quantitative estimate of drug-likeness (QED) is 0.792. The molecule has 1 aromatic heterocycles. The zero-order valence-corrected chi connectivity index (χ0v) is 11.7. The van der Waals surface area contributed by atoms with Crippen LogP contribution in [0.3, 0.4) is 0 Å². The average molecular weight is 240 g/mol. The summed E-state index contributed by atoms with van der Waals surface area (Å²) in [5.74, 6) is 1.41. The molecule has 1 heterocycles. The molecule has 1 unspecified atom stereocenters. The summed E-state index contributed by atoms with van der Waals surface area (Å²) in [5, 5.41) is 6.80.